The average molecular weight is 403 g/mol. The average Bonchev–Trinajstić information content (AvgIpc) is 2.40. The molecule has 1 unspecified atom stereocenters. The van der Waals surface area contributed by atoms with E-state index < -0.39 is 6.10 Å². The molecular weight excluding hydrogens is 387 g/mol. The Labute approximate surface area is 137 Å². The van der Waals surface area contributed by atoms with Gasteiger partial charge in [0.1, 0.15) is 11.9 Å². The Kier molecular flexibility index (Phi) is 5.29. The third-order valence-electron chi connectivity index (χ3n) is 2.80. The third-order valence-corrected chi connectivity index (χ3v) is 4.02. The van der Waals surface area contributed by atoms with E-state index in [0.717, 1.165) is 20.4 Å². The van der Waals surface area contributed by atoms with Crippen LogP contribution in [0.15, 0.2) is 42.5 Å². The molecule has 0 saturated heterocycles. The molecule has 0 spiro atoms. The van der Waals surface area contributed by atoms with Gasteiger partial charge in [-0.2, -0.15) is 0 Å². The maximum atomic E-state index is 10.5. The van der Waals surface area contributed by atoms with Crippen LogP contribution in [-0.4, -0.2) is 11.2 Å². The summed E-state index contributed by atoms with van der Waals surface area (Å²) in [6.45, 7) is 3.95. The van der Waals surface area contributed by atoms with Crippen LogP contribution in [0, 0.1) is 3.57 Å². The smallest absolute Gasteiger partial charge is 0.120 e. The Hall–Kier alpha value is -0.780. The van der Waals surface area contributed by atoms with E-state index >= 15 is 0 Å². The number of hydrogen-bond donors (Lipinski definition) is 1. The molecule has 2 rings (SSSR count). The Morgan fingerprint density at radius 2 is 1.90 bits per heavy atom. The summed E-state index contributed by atoms with van der Waals surface area (Å²) >= 11 is 8.21. The molecule has 0 bridgehead atoms. The van der Waals surface area contributed by atoms with Gasteiger partial charge in [-0.05, 0) is 77.9 Å². The molecule has 0 aliphatic heterocycles. The Balaban J connectivity index is 2.33. The maximum absolute atomic E-state index is 10.5. The molecule has 0 aliphatic carbocycles. The number of rotatable bonds is 4. The van der Waals surface area contributed by atoms with Gasteiger partial charge in [0.15, 0.2) is 0 Å². The Bertz CT molecular complexity index is 599. The van der Waals surface area contributed by atoms with Crippen molar-refractivity contribution in [2.24, 2.45) is 0 Å². The predicted molar refractivity (Wildman–Crippen MR) is 90.4 cm³/mol. The fraction of sp³-hybridized carbons (Fsp3) is 0.250. The molecule has 0 fully saturated rings. The van der Waals surface area contributed by atoms with Crippen LogP contribution in [0.4, 0.5) is 0 Å². The Morgan fingerprint density at radius 3 is 2.60 bits per heavy atom. The van der Waals surface area contributed by atoms with Gasteiger partial charge in [0, 0.05) is 8.59 Å². The van der Waals surface area contributed by atoms with Gasteiger partial charge < -0.3 is 9.84 Å². The fourth-order valence-corrected chi connectivity index (χ4v) is 2.74. The fourth-order valence-electron chi connectivity index (χ4n) is 1.93. The number of ether oxygens (including phenoxy) is 1. The van der Waals surface area contributed by atoms with Gasteiger partial charge in [0.05, 0.1) is 6.10 Å². The summed E-state index contributed by atoms with van der Waals surface area (Å²) in [5.74, 6) is 0.758. The topological polar surface area (TPSA) is 29.5 Å². The van der Waals surface area contributed by atoms with Gasteiger partial charge in [-0.15, -0.1) is 0 Å². The van der Waals surface area contributed by atoms with E-state index in [1.165, 1.54) is 0 Å². The first kappa shape index (κ1) is 15.6. The lowest BCUT2D eigenvalue weighted by molar-refractivity contribution is 0.215. The predicted octanol–water partition coefficient (Wildman–Crippen LogP) is 4.81. The molecule has 2 aromatic carbocycles. The third kappa shape index (κ3) is 3.87. The number of benzene rings is 2. The van der Waals surface area contributed by atoms with Crippen LogP contribution < -0.4 is 4.74 Å². The number of halogens is 2. The molecular formula is C16H16ClIO2. The van der Waals surface area contributed by atoms with E-state index in [-0.39, 0.29) is 6.10 Å². The van der Waals surface area contributed by atoms with Gasteiger partial charge in [0.2, 0.25) is 0 Å². The van der Waals surface area contributed by atoms with Crippen LogP contribution in [0.3, 0.4) is 0 Å². The number of aliphatic hydroxyl groups excluding tert-OH is 1. The minimum atomic E-state index is -0.712. The molecule has 0 saturated carbocycles. The van der Waals surface area contributed by atoms with Crippen molar-refractivity contribution in [2.75, 3.05) is 0 Å². The van der Waals surface area contributed by atoms with Gasteiger partial charge in [0.25, 0.3) is 0 Å². The zero-order valence-corrected chi connectivity index (χ0v) is 14.2. The largest absolute Gasteiger partial charge is 0.491 e. The molecule has 0 aliphatic rings. The van der Waals surface area contributed by atoms with Crippen LogP contribution in [0.2, 0.25) is 5.02 Å². The normalized spacial score (nSPS) is 12.5. The first-order chi connectivity index (χ1) is 9.47. The highest BCUT2D eigenvalue weighted by Crippen LogP contribution is 2.30. The van der Waals surface area contributed by atoms with E-state index in [1.807, 2.05) is 50.2 Å². The minimum absolute atomic E-state index is 0.105. The van der Waals surface area contributed by atoms with Crippen molar-refractivity contribution in [3.8, 4) is 5.75 Å². The number of aliphatic hydroxyl groups is 1. The highest BCUT2D eigenvalue weighted by molar-refractivity contribution is 14.1. The summed E-state index contributed by atoms with van der Waals surface area (Å²) in [5.41, 5.74) is 1.60. The quantitative estimate of drug-likeness (QED) is 0.744. The molecule has 2 nitrogen and oxygen atoms in total. The van der Waals surface area contributed by atoms with E-state index in [1.54, 1.807) is 6.07 Å². The molecule has 0 heterocycles. The summed E-state index contributed by atoms with van der Waals surface area (Å²) < 4.78 is 6.64. The molecule has 1 N–H and O–H groups in total. The van der Waals surface area contributed by atoms with Crippen molar-refractivity contribution in [2.45, 2.75) is 26.1 Å². The second-order valence-corrected chi connectivity index (χ2v) is 6.41. The zero-order chi connectivity index (χ0) is 14.7. The minimum Gasteiger partial charge on any atom is -0.491 e. The van der Waals surface area contributed by atoms with E-state index in [2.05, 4.69) is 22.6 Å². The summed E-state index contributed by atoms with van der Waals surface area (Å²) in [5, 5.41) is 11.2. The van der Waals surface area contributed by atoms with Gasteiger partial charge in [-0.1, -0.05) is 23.7 Å². The summed E-state index contributed by atoms with van der Waals surface area (Å²) in [6.07, 6.45) is -0.606. The standard InChI is InChI=1S/C16H16ClIO2/c1-10(2)20-13-5-3-4-11(8-13)16(19)14-9-12(17)6-7-15(14)18/h3-10,16,19H,1-2H3. The van der Waals surface area contributed by atoms with E-state index in [9.17, 15) is 5.11 Å². The van der Waals surface area contributed by atoms with Crippen molar-refractivity contribution in [3.63, 3.8) is 0 Å². The first-order valence-corrected chi connectivity index (χ1v) is 7.82. The molecule has 0 radical (unpaired) electrons. The molecule has 1 atom stereocenters. The van der Waals surface area contributed by atoms with Crippen molar-refractivity contribution in [3.05, 3.63) is 62.2 Å². The summed E-state index contributed by atoms with van der Waals surface area (Å²) in [4.78, 5) is 0. The first-order valence-electron chi connectivity index (χ1n) is 6.37. The van der Waals surface area contributed by atoms with Crippen LogP contribution in [-0.2, 0) is 0 Å². The molecule has 4 heteroatoms. The molecule has 20 heavy (non-hydrogen) atoms. The highest BCUT2D eigenvalue weighted by Gasteiger charge is 2.15. The second-order valence-electron chi connectivity index (χ2n) is 4.81. The van der Waals surface area contributed by atoms with E-state index in [4.69, 9.17) is 16.3 Å². The van der Waals surface area contributed by atoms with Crippen molar-refractivity contribution >= 4 is 34.2 Å². The molecule has 0 amide bonds. The lowest BCUT2D eigenvalue weighted by Gasteiger charge is -2.16. The highest BCUT2D eigenvalue weighted by atomic mass is 127. The zero-order valence-electron chi connectivity index (χ0n) is 11.3. The summed E-state index contributed by atoms with van der Waals surface area (Å²) in [6, 6.07) is 13.0. The van der Waals surface area contributed by atoms with E-state index in [0.29, 0.717) is 5.02 Å². The molecule has 106 valence electrons. The van der Waals surface area contributed by atoms with Crippen LogP contribution >= 0.6 is 34.2 Å². The number of hydrogen-bond acceptors (Lipinski definition) is 2. The van der Waals surface area contributed by atoms with Crippen molar-refractivity contribution in [1.82, 2.24) is 0 Å². The van der Waals surface area contributed by atoms with Crippen LogP contribution in [0.25, 0.3) is 0 Å². The molecule has 0 aromatic heterocycles. The van der Waals surface area contributed by atoms with Crippen LogP contribution in [0.1, 0.15) is 31.1 Å². The van der Waals surface area contributed by atoms with Crippen molar-refractivity contribution < 1.29 is 9.84 Å². The van der Waals surface area contributed by atoms with Gasteiger partial charge >= 0.3 is 0 Å². The van der Waals surface area contributed by atoms with Gasteiger partial charge in [-0.25, -0.2) is 0 Å². The summed E-state index contributed by atoms with van der Waals surface area (Å²) in [7, 11) is 0. The maximum Gasteiger partial charge on any atom is 0.120 e. The SMILES string of the molecule is CC(C)Oc1cccc(C(O)c2cc(Cl)ccc2I)c1. The van der Waals surface area contributed by atoms with Crippen LogP contribution in [0.5, 0.6) is 5.75 Å². The Morgan fingerprint density at radius 1 is 1.15 bits per heavy atom. The monoisotopic (exact) mass is 402 g/mol. The lowest BCUT2D eigenvalue weighted by atomic mass is 10.0. The molecule has 2 aromatic rings. The lowest BCUT2D eigenvalue weighted by Crippen LogP contribution is -2.07. The van der Waals surface area contributed by atoms with Crippen molar-refractivity contribution in [1.29, 1.82) is 0 Å². The van der Waals surface area contributed by atoms with Gasteiger partial charge in [-0.3, -0.25) is 0 Å². The second kappa shape index (κ2) is 6.78.